The van der Waals surface area contributed by atoms with Crippen molar-refractivity contribution in [2.75, 3.05) is 26.2 Å². The van der Waals surface area contributed by atoms with Gasteiger partial charge in [0.25, 0.3) is 5.91 Å². The molecule has 2 heterocycles. The highest BCUT2D eigenvalue weighted by molar-refractivity contribution is 6.51. The third kappa shape index (κ3) is 13.7. The van der Waals surface area contributed by atoms with Crippen LogP contribution in [0.1, 0.15) is 87.0 Å². The summed E-state index contributed by atoms with van der Waals surface area (Å²) in [4.78, 5) is 75.4. The van der Waals surface area contributed by atoms with Crippen molar-refractivity contribution in [1.29, 1.82) is 0 Å². The minimum Gasteiger partial charge on any atom is -0.497 e. The number of unbranched alkanes of at least 4 members (excludes halogenated alkanes) is 1. The van der Waals surface area contributed by atoms with Crippen molar-refractivity contribution >= 4 is 36.8 Å². The summed E-state index contributed by atoms with van der Waals surface area (Å²) in [7, 11) is -1.37. The number of hydrogen-bond donors (Lipinski definition) is 3. The van der Waals surface area contributed by atoms with Gasteiger partial charge in [-0.2, -0.15) is 0 Å². The number of nitrogens with one attached hydrogen (secondary N) is 3. The first-order valence-corrected chi connectivity index (χ1v) is 18.8. The molecule has 0 radical (unpaired) electrons. The lowest BCUT2D eigenvalue weighted by molar-refractivity contribution is -0.147. The first kappa shape index (κ1) is 41.6. The number of carbonyl (C=O) groups is 5. The van der Waals surface area contributed by atoms with Crippen molar-refractivity contribution in [3.63, 3.8) is 0 Å². The van der Waals surface area contributed by atoms with Crippen LogP contribution in [0.5, 0.6) is 0 Å². The van der Waals surface area contributed by atoms with Crippen LogP contribution in [-0.4, -0.2) is 89.8 Å². The summed E-state index contributed by atoms with van der Waals surface area (Å²) >= 11 is 0. The molecule has 3 aromatic rings. The van der Waals surface area contributed by atoms with Gasteiger partial charge in [-0.05, 0) is 67.7 Å². The number of amides is 3. The van der Waals surface area contributed by atoms with Gasteiger partial charge in [-0.25, -0.2) is 4.98 Å². The van der Waals surface area contributed by atoms with E-state index >= 15 is 0 Å². The van der Waals surface area contributed by atoms with E-state index in [4.69, 9.17) is 9.31 Å². The quantitative estimate of drug-likeness (QED) is 0.129. The van der Waals surface area contributed by atoms with Crippen LogP contribution in [0.3, 0.4) is 0 Å². The second-order valence-electron chi connectivity index (χ2n) is 14.7. The van der Waals surface area contributed by atoms with Gasteiger partial charge in [0.15, 0.2) is 0 Å². The summed E-state index contributed by atoms with van der Waals surface area (Å²) in [6.07, 6.45) is 6.89. The molecule has 0 aliphatic carbocycles. The monoisotopic (exact) mass is 740 g/mol. The molecular weight excluding hydrogens is 687 g/mol. The number of aromatic nitrogens is 2. The van der Waals surface area contributed by atoms with Crippen molar-refractivity contribution < 1.29 is 33.3 Å². The third-order valence-corrected chi connectivity index (χ3v) is 9.00. The Bertz CT molecular complexity index is 1660. The van der Waals surface area contributed by atoms with Crippen molar-refractivity contribution in [3.8, 4) is 0 Å². The lowest BCUT2D eigenvalue weighted by Crippen LogP contribution is -2.58. The molecule has 1 saturated heterocycles. The van der Waals surface area contributed by atoms with Crippen LogP contribution >= 0.6 is 0 Å². The Hall–Kier alpha value is -5.11. The summed E-state index contributed by atoms with van der Waals surface area (Å²) in [5.74, 6) is -2.97. The molecule has 54 heavy (non-hydrogen) atoms. The molecule has 1 aliphatic heterocycles. The van der Waals surface area contributed by atoms with Gasteiger partial charge in [0.05, 0.1) is 31.1 Å². The van der Waals surface area contributed by atoms with Gasteiger partial charge in [0.1, 0.15) is 11.7 Å². The predicted molar refractivity (Wildman–Crippen MR) is 205 cm³/mol. The van der Waals surface area contributed by atoms with E-state index in [-0.39, 0.29) is 42.9 Å². The van der Waals surface area contributed by atoms with E-state index in [0.29, 0.717) is 38.3 Å². The molecule has 3 amide bonds. The molecule has 288 valence electrons. The third-order valence-electron chi connectivity index (χ3n) is 9.00. The van der Waals surface area contributed by atoms with E-state index in [9.17, 15) is 24.0 Å². The highest BCUT2D eigenvalue weighted by Gasteiger charge is 2.42. The Labute approximate surface area is 318 Å². The Balaban J connectivity index is 1.30. The molecule has 14 heteroatoms. The summed E-state index contributed by atoms with van der Waals surface area (Å²) in [6, 6.07) is 16.4. The Morgan fingerprint density at radius 1 is 0.796 bits per heavy atom. The molecule has 0 saturated carbocycles. The smallest absolute Gasteiger partial charge is 0.497 e. The molecule has 2 aromatic carbocycles. The average Bonchev–Trinajstić information content (AvgIpc) is 3.13. The number of carbonyl (C=O) groups excluding carboxylic acids is 5. The molecule has 0 bridgehead atoms. The Kier molecular flexibility index (Phi) is 16.2. The zero-order valence-corrected chi connectivity index (χ0v) is 32.0. The largest absolute Gasteiger partial charge is 0.622 e. The maximum Gasteiger partial charge on any atom is 0.622 e. The summed E-state index contributed by atoms with van der Waals surface area (Å²) in [5.41, 5.74) is 3.07. The topological polar surface area (TPSA) is 169 Å². The fourth-order valence-corrected chi connectivity index (χ4v) is 6.23. The van der Waals surface area contributed by atoms with Crippen LogP contribution in [0, 0.1) is 11.8 Å². The van der Waals surface area contributed by atoms with Gasteiger partial charge in [0, 0.05) is 25.4 Å². The van der Waals surface area contributed by atoms with E-state index in [1.54, 1.807) is 4.90 Å². The summed E-state index contributed by atoms with van der Waals surface area (Å²) in [5, 5.41) is 8.62. The fraction of sp³-hybridized carbons (Fsp3) is 0.475. The molecule has 1 aromatic heterocycles. The highest BCUT2D eigenvalue weighted by atomic mass is 16.6. The zero-order valence-electron chi connectivity index (χ0n) is 32.0. The van der Waals surface area contributed by atoms with Crippen molar-refractivity contribution in [2.45, 2.75) is 84.6 Å². The number of benzene rings is 2. The average molecular weight is 741 g/mol. The predicted octanol–water partition coefficient (Wildman–Crippen LogP) is 3.68. The normalized spacial score (nSPS) is 15.4. The maximum absolute atomic E-state index is 13.8. The van der Waals surface area contributed by atoms with Gasteiger partial charge >= 0.3 is 19.1 Å². The number of nitrogens with zero attached hydrogens (tertiary/aromatic N) is 3. The molecule has 4 rings (SSSR count). The van der Waals surface area contributed by atoms with Crippen LogP contribution in [0.2, 0.25) is 0 Å². The standard InChI is InChI=1S/C40H53BN6O7/c1-27(2)21-31-13-15-32(16-14-31)29(5)38(50)44-17-9-10-20-47-25-36(48)53-41(54-37(49)26-47)35(22-28(3)4)46-39(51)33(23-30-11-7-6-8-12-30)45-40(52)34-24-42-18-19-43-34/h6-8,11-16,18-19,24,27-29,33,35H,9-10,17,20-23,25-26H2,1-5H3,(H,44,50)(H,45,52)(H,46,51)/t29-,33+,35+/m1/s1. The van der Waals surface area contributed by atoms with Crippen LogP contribution in [0.25, 0.3) is 0 Å². The second kappa shape index (κ2) is 21.0. The SMILES string of the molecule is CC(C)Cc1ccc([C@@H](C)C(=O)NCCCCN2CC(=O)OB([C@H](CC(C)C)NC(=O)[C@H](Cc3ccccc3)NC(=O)c3cnccn3)OC(=O)C2)cc1. The lowest BCUT2D eigenvalue weighted by Gasteiger charge is -2.30. The van der Waals surface area contributed by atoms with Gasteiger partial charge in [-0.3, -0.25) is 33.9 Å². The van der Waals surface area contributed by atoms with Crippen molar-refractivity contribution in [3.05, 3.63) is 95.6 Å². The molecular formula is C40H53BN6O7. The van der Waals surface area contributed by atoms with Crippen LogP contribution < -0.4 is 16.0 Å². The Morgan fingerprint density at radius 2 is 1.46 bits per heavy atom. The number of hydrogen-bond acceptors (Lipinski definition) is 10. The summed E-state index contributed by atoms with van der Waals surface area (Å²) < 4.78 is 11.3. The van der Waals surface area contributed by atoms with E-state index in [2.05, 4.69) is 51.9 Å². The molecule has 0 spiro atoms. The van der Waals surface area contributed by atoms with Gasteiger partial charge in [-0.1, -0.05) is 82.3 Å². The second-order valence-corrected chi connectivity index (χ2v) is 14.7. The van der Waals surface area contributed by atoms with Crippen LogP contribution in [0.4, 0.5) is 0 Å². The molecule has 1 aliphatic rings. The van der Waals surface area contributed by atoms with Crippen LogP contribution in [0.15, 0.2) is 73.2 Å². The van der Waals surface area contributed by atoms with E-state index in [1.165, 1.54) is 24.2 Å². The van der Waals surface area contributed by atoms with E-state index in [1.807, 2.05) is 63.2 Å². The van der Waals surface area contributed by atoms with Crippen molar-refractivity contribution in [1.82, 2.24) is 30.8 Å². The molecule has 3 atom stereocenters. The Morgan fingerprint density at radius 3 is 2.07 bits per heavy atom. The van der Waals surface area contributed by atoms with Gasteiger partial charge in [0.2, 0.25) is 11.8 Å². The fourth-order valence-electron chi connectivity index (χ4n) is 6.23. The highest BCUT2D eigenvalue weighted by Crippen LogP contribution is 2.18. The minimum atomic E-state index is -1.37. The van der Waals surface area contributed by atoms with E-state index in [0.717, 1.165) is 17.5 Å². The molecule has 13 nitrogen and oxygen atoms in total. The van der Waals surface area contributed by atoms with Gasteiger partial charge in [-0.15, -0.1) is 0 Å². The lowest BCUT2D eigenvalue weighted by atomic mass is 9.73. The molecule has 0 unspecified atom stereocenters. The first-order valence-electron chi connectivity index (χ1n) is 18.8. The minimum absolute atomic E-state index is 0.0233. The summed E-state index contributed by atoms with van der Waals surface area (Å²) in [6.45, 7) is 10.7. The van der Waals surface area contributed by atoms with Crippen LogP contribution in [-0.2, 0) is 41.3 Å². The maximum atomic E-state index is 13.8. The van der Waals surface area contributed by atoms with Crippen molar-refractivity contribution in [2.24, 2.45) is 11.8 Å². The molecule has 1 fully saturated rings. The zero-order chi connectivity index (χ0) is 39.0. The van der Waals surface area contributed by atoms with E-state index < -0.39 is 42.9 Å². The first-order chi connectivity index (χ1) is 25.9. The van der Waals surface area contributed by atoms with Gasteiger partial charge < -0.3 is 25.3 Å². The number of rotatable bonds is 18. The molecule has 3 N–H and O–H groups in total.